The Kier molecular flexibility index (Phi) is 6.02. The fourth-order valence-corrected chi connectivity index (χ4v) is 4.09. The van der Waals surface area contributed by atoms with Crippen molar-refractivity contribution in [1.29, 1.82) is 0 Å². The summed E-state index contributed by atoms with van der Waals surface area (Å²) in [5.74, 6) is 0.279. The first kappa shape index (κ1) is 21.7. The average Bonchev–Trinajstić information content (AvgIpc) is 2.78. The molecule has 2 aromatic rings. The van der Waals surface area contributed by atoms with Crippen LogP contribution in [-0.4, -0.2) is 49.1 Å². The number of H-pyrrole nitrogens is 1. The summed E-state index contributed by atoms with van der Waals surface area (Å²) in [6.45, 7) is 3.74. The Hall–Kier alpha value is -3.56. The minimum atomic E-state index is -0.985. The normalized spacial score (nSPS) is 18.5. The highest BCUT2D eigenvalue weighted by molar-refractivity contribution is 6.05. The summed E-state index contributed by atoms with van der Waals surface area (Å²) in [4.78, 5) is 47.8. The van der Waals surface area contributed by atoms with Gasteiger partial charge in [0.1, 0.15) is 17.3 Å². The van der Waals surface area contributed by atoms with Gasteiger partial charge in [-0.15, -0.1) is 0 Å². The first-order valence-electron chi connectivity index (χ1n) is 10.6. The maximum Gasteiger partial charge on any atom is 0.258 e. The molecule has 1 atom stereocenters. The summed E-state index contributed by atoms with van der Waals surface area (Å²) in [7, 11) is 3.00. The van der Waals surface area contributed by atoms with Crippen molar-refractivity contribution in [3.8, 4) is 11.5 Å². The maximum atomic E-state index is 13.1. The first-order chi connectivity index (χ1) is 15.4. The number of amides is 2. The van der Waals surface area contributed by atoms with E-state index in [0.717, 1.165) is 25.9 Å². The van der Waals surface area contributed by atoms with Crippen LogP contribution in [0.2, 0.25) is 0 Å². The summed E-state index contributed by atoms with van der Waals surface area (Å²) in [5.41, 5.74) is 0.104. The number of nitrogens with zero attached hydrogens (tertiary/aromatic N) is 2. The SMILES string of the molecule is COc1ccc(OC)c(NC(=O)[C@@H]2CC(=O)Nc3nc(N4CCC(C)CC4)[nH]c(=O)c32)c1. The zero-order valence-electron chi connectivity index (χ0n) is 18.4. The second-order valence-electron chi connectivity index (χ2n) is 8.18. The van der Waals surface area contributed by atoms with Crippen LogP contribution in [0.15, 0.2) is 23.0 Å². The first-order valence-corrected chi connectivity index (χ1v) is 10.6. The van der Waals surface area contributed by atoms with E-state index in [9.17, 15) is 14.4 Å². The number of piperidine rings is 1. The van der Waals surface area contributed by atoms with E-state index in [4.69, 9.17) is 9.47 Å². The molecule has 0 aliphatic carbocycles. The van der Waals surface area contributed by atoms with E-state index in [2.05, 4.69) is 27.5 Å². The van der Waals surface area contributed by atoms with Crippen LogP contribution in [-0.2, 0) is 9.59 Å². The quantitative estimate of drug-likeness (QED) is 0.649. The molecule has 1 aromatic carbocycles. The second-order valence-corrected chi connectivity index (χ2v) is 8.18. The van der Waals surface area contributed by atoms with Crippen LogP contribution >= 0.6 is 0 Å². The molecule has 2 aliphatic rings. The second kappa shape index (κ2) is 8.89. The molecule has 0 radical (unpaired) electrons. The maximum absolute atomic E-state index is 13.1. The molecular formula is C22H27N5O5. The van der Waals surface area contributed by atoms with E-state index in [0.29, 0.717) is 29.1 Å². The van der Waals surface area contributed by atoms with Gasteiger partial charge in [0.15, 0.2) is 0 Å². The molecule has 1 aromatic heterocycles. The summed E-state index contributed by atoms with van der Waals surface area (Å²) in [5, 5.41) is 5.42. The minimum Gasteiger partial charge on any atom is -0.497 e. The molecule has 10 heteroatoms. The van der Waals surface area contributed by atoms with Crippen molar-refractivity contribution in [3.63, 3.8) is 0 Å². The minimum absolute atomic E-state index is 0.136. The van der Waals surface area contributed by atoms with E-state index in [1.165, 1.54) is 14.2 Å². The summed E-state index contributed by atoms with van der Waals surface area (Å²) < 4.78 is 10.5. The van der Waals surface area contributed by atoms with Gasteiger partial charge in [0.05, 0.1) is 31.4 Å². The van der Waals surface area contributed by atoms with E-state index < -0.39 is 17.4 Å². The summed E-state index contributed by atoms with van der Waals surface area (Å²) >= 11 is 0. The molecule has 1 fully saturated rings. The largest absolute Gasteiger partial charge is 0.497 e. The van der Waals surface area contributed by atoms with E-state index in [-0.39, 0.29) is 23.7 Å². The van der Waals surface area contributed by atoms with E-state index >= 15 is 0 Å². The van der Waals surface area contributed by atoms with E-state index in [1.54, 1.807) is 18.2 Å². The molecule has 4 rings (SSSR count). The van der Waals surface area contributed by atoms with Crippen LogP contribution in [0, 0.1) is 5.92 Å². The third kappa shape index (κ3) is 4.25. The number of carbonyl (C=O) groups is 2. The van der Waals surface area contributed by atoms with Crippen LogP contribution in [0.25, 0.3) is 0 Å². The van der Waals surface area contributed by atoms with Gasteiger partial charge in [-0.3, -0.25) is 19.4 Å². The Morgan fingerprint density at radius 1 is 1.19 bits per heavy atom. The fraction of sp³-hybridized carbons (Fsp3) is 0.455. The molecule has 1 saturated heterocycles. The van der Waals surface area contributed by atoms with Crippen molar-refractivity contribution in [2.24, 2.45) is 5.92 Å². The number of rotatable bonds is 5. The zero-order chi connectivity index (χ0) is 22.8. The molecule has 0 saturated carbocycles. The number of aromatic amines is 1. The number of benzene rings is 1. The molecular weight excluding hydrogens is 414 g/mol. The molecule has 170 valence electrons. The van der Waals surface area contributed by atoms with Gasteiger partial charge in [0, 0.05) is 25.6 Å². The van der Waals surface area contributed by atoms with Gasteiger partial charge < -0.3 is 25.0 Å². The number of fused-ring (bicyclic) bond motifs is 1. The fourth-order valence-electron chi connectivity index (χ4n) is 4.09. The lowest BCUT2D eigenvalue weighted by atomic mass is 9.92. The van der Waals surface area contributed by atoms with Gasteiger partial charge in [0.25, 0.3) is 5.56 Å². The predicted molar refractivity (Wildman–Crippen MR) is 120 cm³/mol. The van der Waals surface area contributed by atoms with Crippen molar-refractivity contribution in [1.82, 2.24) is 9.97 Å². The monoisotopic (exact) mass is 441 g/mol. The molecule has 10 nitrogen and oxygen atoms in total. The Morgan fingerprint density at radius 2 is 1.94 bits per heavy atom. The van der Waals surface area contributed by atoms with Gasteiger partial charge in [-0.1, -0.05) is 6.92 Å². The molecule has 0 bridgehead atoms. The predicted octanol–water partition coefficient (Wildman–Crippen LogP) is 2.09. The third-order valence-corrected chi connectivity index (χ3v) is 6.00. The lowest BCUT2D eigenvalue weighted by Crippen LogP contribution is -2.39. The number of anilines is 3. The standard InChI is InChI=1S/C22H27N5O5/c1-12-6-8-27(9-7-12)22-25-19-18(21(30)26-22)14(11-17(28)24-19)20(29)23-15-10-13(31-2)4-5-16(15)32-3/h4-5,10,12,14H,6-9,11H2,1-3H3,(H,23,29)(H2,24,25,26,28,30)/t14-/m1/s1. The van der Waals surface area contributed by atoms with Crippen molar-refractivity contribution in [2.75, 3.05) is 42.8 Å². The molecule has 0 unspecified atom stereocenters. The molecule has 3 heterocycles. The Balaban J connectivity index is 1.64. The number of hydrogen-bond acceptors (Lipinski definition) is 7. The summed E-state index contributed by atoms with van der Waals surface area (Å²) in [6.07, 6.45) is 1.84. The van der Waals surface area contributed by atoms with Gasteiger partial charge in [0.2, 0.25) is 17.8 Å². The number of methoxy groups -OCH3 is 2. The van der Waals surface area contributed by atoms with Crippen LogP contribution < -0.4 is 30.6 Å². The van der Waals surface area contributed by atoms with Gasteiger partial charge in [-0.2, -0.15) is 4.98 Å². The summed E-state index contributed by atoms with van der Waals surface area (Å²) in [6, 6.07) is 4.98. The van der Waals surface area contributed by atoms with Crippen LogP contribution in [0.1, 0.15) is 37.7 Å². The third-order valence-electron chi connectivity index (χ3n) is 6.00. The van der Waals surface area contributed by atoms with Crippen LogP contribution in [0.4, 0.5) is 17.5 Å². The number of hydrogen-bond donors (Lipinski definition) is 3. The number of ether oxygens (including phenoxy) is 2. The molecule has 2 amide bonds. The molecule has 3 N–H and O–H groups in total. The number of aromatic nitrogens is 2. The van der Waals surface area contributed by atoms with Crippen LogP contribution in [0.5, 0.6) is 11.5 Å². The molecule has 2 aliphatic heterocycles. The van der Waals surface area contributed by atoms with Crippen molar-refractivity contribution < 1.29 is 19.1 Å². The molecule has 32 heavy (non-hydrogen) atoms. The Labute approximate surface area is 185 Å². The van der Waals surface area contributed by atoms with Crippen molar-refractivity contribution in [2.45, 2.75) is 32.1 Å². The molecule has 0 spiro atoms. The Morgan fingerprint density at radius 3 is 2.62 bits per heavy atom. The highest BCUT2D eigenvalue weighted by Crippen LogP contribution is 2.33. The van der Waals surface area contributed by atoms with Crippen molar-refractivity contribution >= 4 is 29.3 Å². The van der Waals surface area contributed by atoms with E-state index in [1.807, 2.05) is 4.90 Å². The van der Waals surface area contributed by atoms with Crippen LogP contribution in [0.3, 0.4) is 0 Å². The zero-order valence-corrected chi connectivity index (χ0v) is 18.4. The number of nitrogens with one attached hydrogen (secondary N) is 3. The Bertz CT molecular complexity index is 1090. The highest BCUT2D eigenvalue weighted by atomic mass is 16.5. The van der Waals surface area contributed by atoms with Gasteiger partial charge >= 0.3 is 0 Å². The van der Waals surface area contributed by atoms with Gasteiger partial charge in [-0.25, -0.2) is 0 Å². The van der Waals surface area contributed by atoms with Crippen molar-refractivity contribution in [3.05, 3.63) is 34.1 Å². The number of carbonyl (C=O) groups excluding carboxylic acids is 2. The lowest BCUT2D eigenvalue weighted by Gasteiger charge is -2.31. The average molecular weight is 441 g/mol. The topological polar surface area (TPSA) is 126 Å². The lowest BCUT2D eigenvalue weighted by molar-refractivity contribution is -0.123. The smallest absolute Gasteiger partial charge is 0.258 e. The highest BCUT2D eigenvalue weighted by Gasteiger charge is 2.35. The van der Waals surface area contributed by atoms with Gasteiger partial charge in [-0.05, 0) is 30.9 Å².